The maximum absolute atomic E-state index is 12.0. The highest BCUT2D eigenvalue weighted by atomic mass is 35.5. The van der Waals surface area contributed by atoms with E-state index in [9.17, 15) is 9.59 Å². The van der Waals surface area contributed by atoms with E-state index in [0.29, 0.717) is 16.3 Å². The van der Waals surface area contributed by atoms with Crippen molar-refractivity contribution in [2.45, 2.75) is 26.2 Å². The van der Waals surface area contributed by atoms with Crippen LogP contribution in [0.2, 0.25) is 5.02 Å². The van der Waals surface area contributed by atoms with E-state index in [1.165, 1.54) is 0 Å². The van der Waals surface area contributed by atoms with Crippen molar-refractivity contribution in [1.82, 2.24) is 10.9 Å². The van der Waals surface area contributed by atoms with Crippen LogP contribution in [0, 0.1) is 0 Å². The van der Waals surface area contributed by atoms with Crippen LogP contribution in [0.3, 0.4) is 0 Å². The third-order valence-corrected chi connectivity index (χ3v) is 3.76. The Kier molecular flexibility index (Phi) is 6.04. The Morgan fingerprint density at radius 1 is 0.960 bits per heavy atom. The lowest BCUT2D eigenvalue weighted by Crippen LogP contribution is -2.43. The van der Waals surface area contributed by atoms with Gasteiger partial charge in [-0.3, -0.25) is 20.4 Å². The van der Waals surface area contributed by atoms with E-state index in [0.717, 1.165) is 5.56 Å². The maximum atomic E-state index is 12.0. The number of hydrogen-bond donors (Lipinski definition) is 2. The molecule has 0 spiro atoms. The number of hydrazine groups is 1. The minimum atomic E-state index is -0.463. The summed E-state index contributed by atoms with van der Waals surface area (Å²) in [4.78, 5) is 23.8. The average molecular weight is 361 g/mol. The number of carbonyl (C=O) groups is 2. The van der Waals surface area contributed by atoms with Crippen LogP contribution in [0.25, 0.3) is 0 Å². The number of nitrogens with one attached hydrogen (secondary N) is 2. The molecule has 0 aromatic heterocycles. The molecular weight excluding hydrogens is 340 g/mol. The smallest absolute Gasteiger partial charge is 0.276 e. The monoisotopic (exact) mass is 360 g/mol. The van der Waals surface area contributed by atoms with Gasteiger partial charge in [0.1, 0.15) is 5.75 Å². The van der Waals surface area contributed by atoms with Crippen LogP contribution in [0.4, 0.5) is 0 Å². The van der Waals surface area contributed by atoms with Crippen molar-refractivity contribution < 1.29 is 14.3 Å². The number of hydrogen-bond acceptors (Lipinski definition) is 3. The van der Waals surface area contributed by atoms with Crippen LogP contribution < -0.4 is 15.6 Å². The number of amides is 2. The third kappa shape index (κ3) is 5.80. The zero-order chi connectivity index (χ0) is 18.4. The Morgan fingerprint density at radius 3 is 2.12 bits per heavy atom. The molecular formula is C19H21ClN2O3. The van der Waals surface area contributed by atoms with Gasteiger partial charge >= 0.3 is 0 Å². The first kappa shape index (κ1) is 18.8. The summed E-state index contributed by atoms with van der Waals surface area (Å²) in [6.07, 6.45) is 0. The van der Waals surface area contributed by atoms with Crippen molar-refractivity contribution in [3.63, 3.8) is 0 Å². The quantitative estimate of drug-likeness (QED) is 0.820. The normalized spacial score (nSPS) is 10.9. The Balaban J connectivity index is 1.80. The number of benzene rings is 2. The van der Waals surface area contributed by atoms with E-state index in [4.69, 9.17) is 16.3 Å². The second-order valence-corrected chi connectivity index (χ2v) is 7.01. The zero-order valence-corrected chi connectivity index (χ0v) is 15.2. The molecule has 0 atom stereocenters. The zero-order valence-electron chi connectivity index (χ0n) is 14.4. The van der Waals surface area contributed by atoms with Crippen LogP contribution in [-0.2, 0) is 10.2 Å². The summed E-state index contributed by atoms with van der Waals surface area (Å²) in [7, 11) is 0. The highest BCUT2D eigenvalue weighted by Crippen LogP contribution is 2.22. The van der Waals surface area contributed by atoms with Crippen LogP contribution in [0.1, 0.15) is 36.7 Å². The van der Waals surface area contributed by atoms with Crippen LogP contribution in [0.15, 0.2) is 48.5 Å². The standard InChI is InChI=1S/C19H21ClN2O3/c1-19(2,3)14-6-4-13(5-7-14)18(24)22-21-17(23)12-25-16-10-8-15(20)9-11-16/h4-11H,12H2,1-3H3,(H,21,23)(H,22,24). The molecule has 2 amide bonds. The molecule has 132 valence electrons. The van der Waals surface area contributed by atoms with Gasteiger partial charge in [0.25, 0.3) is 11.8 Å². The first-order valence-corrected chi connectivity index (χ1v) is 8.21. The van der Waals surface area contributed by atoms with Gasteiger partial charge in [-0.15, -0.1) is 0 Å². The minimum absolute atomic E-state index is 0.0161. The van der Waals surface area contributed by atoms with Gasteiger partial charge in [-0.25, -0.2) is 0 Å². The average Bonchev–Trinajstić information content (AvgIpc) is 2.58. The second-order valence-electron chi connectivity index (χ2n) is 6.57. The predicted octanol–water partition coefficient (Wildman–Crippen LogP) is 3.48. The van der Waals surface area contributed by atoms with E-state index in [2.05, 4.69) is 31.6 Å². The fraction of sp³-hybridized carbons (Fsp3) is 0.263. The first-order chi connectivity index (χ1) is 11.8. The predicted molar refractivity (Wildman–Crippen MR) is 97.7 cm³/mol. The van der Waals surface area contributed by atoms with E-state index in [1.807, 2.05) is 12.1 Å². The second kappa shape index (κ2) is 8.03. The van der Waals surface area contributed by atoms with Gasteiger partial charge in [0.2, 0.25) is 0 Å². The van der Waals surface area contributed by atoms with Crippen molar-refractivity contribution >= 4 is 23.4 Å². The molecule has 2 N–H and O–H groups in total. The molecule has 0 unspecified atom stereocenters. The number of rotatable bonds is 4. The Hall–Kier alpha value is -2.53. The SMILES string of the molecule is CC(C)(C)c1ccc(C(=O)NNC(=O)COc2ccc(Cl)cc2)cc1. The van der Waals surface area contributed by atoms with E-state index >= 15 is 0 Å². The molecule has 25 heavy (non-hydrogen) atoms. The fourth-order valence-electron chi connectivity index (χ4n) is 2.04. The van der Waals surface area contributed by atoms with E-state index in [1.54, 1.807) is 36.4 Å². The van der Waals surface area contributed by atoms with Crippen molar-refractivity contribution in [2.24, 2.45) is 0 Å². The molecule has 0 aliphatic carbocycles. The summed E-state index contributed by atoms with van der Waals surface area (Å²) >= 11 is 5.77. The largest absolute Gasteiger partial charge is 0.484 e. The van der Waals surface area contributed by atoms with Gasteiger partial charge in [-0.2, -0.15) is 0 Å². The highest BCUT2D eigenvalue weighted by molar-refractivity contribution is 6.30. The van der Waals surface area contributed by atoms with Gasteiger partial charge in [0.05, 0.1) is 0 Å². The molecule has 0 radical (unpaired) electrons. The fourth-order valence-corrected chi connectivity index (χ4v) is 2.16. The maximum Gasteiger partial charge on any atom is 0.276 e. The molecule has 2 rings (SSSR count). The molecule has 0 aliphatic heterocycles. The summed E-state index contributed by atoms with van der Waals surface area (Å²) in [6, 6.07) is 13.9. The van der Waals surface area contributed by atoms with Crippen LogP contribution in [0.5, 0.6) is 5.75 Å². The molecule has 5 nitrogen and oxygen atoms in total. The van der Waals surface area contributed by atoms with Crippen LogP contribution in [-0.4, -0.2) is 18.4 Å². The number of carbonyl (C=O) groups excluding carboxylic acids is 2. The summed E-state index contributed by atoms with van der Waals surface area (Å²) in [5, 5.41) is 0.585. The van der Waals surface area contributed by atoms with Gasteiger partial charge in [-0.1, -0.05) is 44.5 Å². The molecule has 0 fully saturated rings. The van der Waals surface area contributed by atoms with Gasteiger partial charge in [-0.05, 0) is 47.4 Å². The highest BCUT2D eigenvalue weighted by Gasteiger charge is 2.14. The summed E-state index contributed by atoms with van der Waals surface area (Å²) < 4.78 is 5.29. The molecule has 2 aromatic rings. The summed E-state index contributed by atoms with van der Waals surface area (Å²) in [6.45, 7) is 6.08. The topological polar surface area (TPSA) is 67.4 Å². The molecule has 0 heterocycles. The Morgan fingerprint density at radius 2 is 1.56 bits per heavy atom. The van der Waals surface area contributed by atoms with E-state index in [-0.39, 0.29) is 17.9 Å². The first-order valence-electron chi connectivity index (χ1n) is 7.84. The van der Waals surface area contributed by atoms with Crippen molar-refractivity contribution in [1.29, 1.82) is 0 Å². The van der Waals surface area contributed by atoms with Gasteiger partial charge < -0.3 is 4.74 Å². The van der Waals surface area contributed by atoms with Crippen molar-refractivity contribution in [2.75, 3.05) is 6.61 Å². The van der Waals surface area contributed by atoms with Gasteiger partial charge in [0.15, 0.2) is 6.61 Å². The van der Waals surface area contributed by atoms with Gasteiger partial charge in [0, 0.05) is 10.6 Å². The third-order valence-electron chi connectivity index (χ3n) is 3.51. The Bertz CT molecular complexity index is 735. The minimum Gasteiger partial charge on any atom is -0.484 e. The number of halogens is 1. The lowest BCUT2D eigenvalue weighted by Gasteiger charge is -2.19. The molecule has 0 bridgehead atoms. The van der Waals surface area contributed by atoms with E-state index < -0.39 is 5.91 Å². The summed E-state index contributed by atoms with van der Waals surface area (Å²) in [5.74, 6) is -0.335. The molecule has 0 saturated carbocycles. The molecule has 6 heteroatoms. The molecule has 2 aromatic carbocycles. The molecule has 0 saturated heterocycles. The molecule has 0 aliphatic rings. The summed E-state index contributed by atoms with van der Waals surface area (Å²) in [5.41, 5.74) is 6.29. The Labute approximate surface area is 152 Å². The van der Waals surface area contributed by atoms with Crippen molar-refractivity contribution in [3.05, 3.63) is 64.7 Å². The lowest BCUT2D eigenvalue weighted by atomic mass is 9.87. The lowest BCUT2D eigenvalue weighted by molar-refractivity contribution is -0.123. The van der Waals surface area contributed by atoms with Crippen molar-refractivity contribution in [3.8, 4) is 5.75 Å². The number of ether oxygens (including phenoxy) is 1. The van der Waals surface area contributed by atoms with Crippen LogP contribution >= 0.6 is 11.6 Å².